The first-order valence-electron chi connectivity index (χ1n) is 9.29. The second-order valence-corrected chi connectivity index (χ2v) is 7.63. The predicted octanol–water partition coefficient (Wildman–Crippen LogP) is 3.60. The van der Waals surface area contributed by atoms with E-state index < -0.39 is 0 Å². The fourth-order valence-electron chi connectivity index (χ4n) is 3.82. The van der Waals surface area contributed by atoms with E-state index in [-0.39, 0.29) is 18.3 Å². The summed E-state index contributed by atoms with van der Waals surface area (Å²) in [6.07, 6.45) is 4.02. The summed E-state index contributed by atoms with van der Waals surface area (Å²) >= 11 is 0. The fourth-order valence-corrected chi connectivity index (χ4v) is 3.82. The zero-order valence-corrected chi connectivity index (χ0v) is 16.2. The average Bonchev–Trinajstić information content (AvgIpc) is 3.04. The van der Waals surface area contributed by atoms with Crippen molar-refractivity contribution in [1.82, 2.24) is 10.2 Å². The van der Waals surface area contributed by atoms with Gasteiger partial charge < -0.3 is 15.0 Å². The van der Waals surface area contributed by atoms with Crippen molar-refractivity contribution < 1.29 is 9.53 Å². The smallest absolute Gasteiger partial charge is 0.225 e. The molecule has 1 aromatic rings. The molecule has 0 radical (unpaired) electrons. The van der Waals surface area contributed by atoms with Gasteiger partial charge in [0.15, 0.2) is 0 Å². The third kappa shape index (κ3) is 5.11. The van der Waals surface area contributed by atoms with Crippen LogP contribution in [0.5, 0.6) is 5.75 Å². The molecule has 1 aromatic carbocycles. The molecule has 0 aliphatic carbocycles. The SMILES string of the molecule is CC(C)c1ccc(OCCC(=O)N2CCC3(CCNC3)CC2)cc1.Cl. The van der Waals surface area contributed by atoms with Crippen molar-refractivity contribution in [3.05, 3.63) is 29.8 Å². The Bertz CT molecular complexity index is 543. The lowest BCUT2D eigenvalue weighted by atomic mass is 9.78. The number of nitrogens with one attached hydrogen (secondary N) is 1. The third-order valence-corrected chi connectivity index (χ3v) is 5.64. The Labute approximate surface area is 157 Å². The fraction of sp³-hybridized carbons (Fsp3) is 0.650. The van der Waals surface area contributed by atoms with Gasteiger partial charge in [-0.3, -0.25) is 4.79 Å². The first-order valence-corrected chi connectivity index (χ1v) is 9.29. The van der Waals surface area contributed by atoms with Crippen LogP contribution in [0, 0.1) is 5.41 Å². The van der Waals surface area contributed by atoms with E-state index >= 15 is 0 Å². The second-order valence-electron chi connectivity index (χ2n) is 7.63. The van der Waals surface area contributed by atoms with Gasteiger partial charge in [0.05, 0.1) is 13.0 Å². The molecule has 1 N–H and O–H groups in total. The van der Waals surface area contributed by atoms with Crippen LogP contribution in [-0.2, 0) is 4.79 Å². The van der Waals surface area contributed by atoms with Gasteiger partial charge in [0.2, 0.25) is 5.91 Å². The molecule has 0 saturated carbocycles. The Morgan fingerprint density at radius 3 is 2.44 bits per heavy atom. The van der Waals surface area contributed by atoms with Gasteiger partial charge in [-0.15, -0.1) is 12.4 Å². The van der Waals surface area contributed by atoms with Crippen LogP contribution in [0.2, 0.25) is 0 Å². The number of likely N-dealkylation sites (tertiary alicyclic amines) is 1. The minimum Gasteiger partial charge on any atom is -0.493 e. The molecule has 5 heteroatoms. The predicted molar refractivity (Wildman–Crippen MR) is 104 cm³/mol. The van der Waals surface area contributed by atoms with Crippen molar-refractivity contribution in [3.8, 4) is 5.75 Å². The van der Waals surface area contributed by atoms with E-state index in [1.165, 1.54) is 12.0 Å². The topological polar surface area (TPSA) is 41.6 Å². The maximum absolute atomic E-state index is 12.4. The van der Waals surface area contributed by atoms with Crippen molar-refractivity contribution >= 4 is 18.3 Å². The Hall–Kier alpha value is -1.26. The summed E-state index contributed by atoms with van der Waals surface area (Å²) < 4.78 is 5.74. The molecule has 3 rings (SSSR count). The number of carbonyl (C=O) groups excluding carboxylic acids is 1. The maximum atomic E-state index is 12.4. The van der Waals surface area contributed by atoms with E-state index in [4.69, 9.17) is 4.74 Å². The molecule has 2 fully saturated rings. The van der Waals surface area contributed by atoms with E-state index in [0.29, 0.717) is 24.4 Å². The largest absolute Gasteiger partial charge is 0.493 e. The molecule has 0 bridgehead atoms. The Morgan fingerprint density at radius 2 is 1.88 bits per heavy atom. The maximum Gasteiger partial charge on any atom is 0.225 e. The summed E-state index contributed by atoms with van der Waals surface area (Å²) in [5.41, 5.74) is 1.77. The number of nitrogens with zero attached hydrogens (tertiary/aromatic N) is 1. The van der Waals surface area contributed by atoms with Crippen LogP contribution in [0.25, 0.3) is 0 Å². The molecule has 0 unspecified atom stereocenters. The van der Waals surface area contributed by atoms with Crippen LogP contribution in [0.1, 0.15) is 51.0 Å². The molecule has 2 aliphatic rings. The van der Waals surface area contributed by atoms with E-state index in [2.05, 4.69) is 31.3 Å². The summed E-state index contributed by atoms with van der Waals surface area (Å²) in [4.78, 5) is 14.4. The summed E-state index contributed by atoms with van der Waals surface area (Å²) in [5, 5.41) is 3.47. The summed E-state index contributed by atoms with van der Waals surface area (Å²) in [7, 11) is 0. The lowest BCUT2D eigenvalue weighted by Crippen LogP contribution is -2.44. The van der Waals surface area contributed by atoms with Crippen LogP contribution >= 0.6 is 12.4 Å². The first-order chi connectivity index (χ1) is 11.6. The number of amides is 1. The molecule has 140 valence electrons. The Kier molecular flexibility index (Phi) is 7.14. The van der Waals surface area contributed by atoms with Gasteiger partial charge in [0, 0.05) is 19.6 Å². The highest BCUT2D eigenvalue weighted by Gasteiger charge is 2.37. The van der Waals surface area contributed by atoms with Gasteiger partial charge in [-0.05, 0) is 54.8 Å². The van der Waals surface area contributed by atoms with Gasteiger partial charge in [0.1, 0.15) is 5.75 Å². The number of hydrogen-bond donors (Lipinski definition) is 1. The molecule has 2 saturated heterocycles. The molecule has 1 amide bonds. The molecule has 4 nitrogen and oxygen atoms in total. The van der Waals surface area contributed by atoms with Gasteiger partial charge in [-0.1, -0.05) is 26.0 Å². The van der Waals surface area contributed by atoms with Gasteiger partial charge in [0.25, 0.3) is 0 Å². The van der Waals surface area contributed by atoms with E-state index in [0.717, 1.165) is 44.8 Å². The molecular formula is C20H31ClN2O2. The highest BCUT2D eigenvalue weighted by molar-refractivity contribution is 5.85. The van der Waals surface area contributed by atoms with Crippen LogP contribution in [0.4, 0.5) is 0 Å². The van der Waals surface area contributed by atoms with E-state index in [9.17, 15) is 4.79 Å². The quantitative estimate of drug-likeness (QED) is 0.865. The van der Waals surface area contributed by atoms with Crippen molar-refractivity contribution in [3.63, 3.8) is 0 Å². The lowest BCUT2D eigenvalue weighted by molar-refractivity contribution is -0.133. The zero-order valence-electron chi connectivity index (χ0n) is 15.4. The van der Waals surface area contributed by atoms with E-state index in [1.54, 1.807) is 0 Å². The van der Waals surface area contributed by atoms with Crippen LogP contribution in [0.3, 0.4) is 0 Å². The molecule has 2 aliphatic heterocycles. The molecular weight excluding hydrogens is 336 g/mol. The molecule has 2 heterocycles. The molecule has 25 heavy (non-hydrogen) atoms. The van der Waals surface area contributed by atoms with Crippen molar-refractivity contribution in [1.29, 1.82) is 0 Å². The summed E-state index contributed by atoms with van der Waals surface area (Å²) in [5.74, 6) is 1.61. The zero-order chi connectivity index (χ0) is 17.0. The molecule has 0 aromatic heterocycles. The van der Waals surface area contributed by atoms with Gasteiger partial charge >= 0.3 is 0 Å². The highest BCUT2D eigenvalue weighted by atomic mass is 35.5. The Balaban J connectivity index is 0.00000225. The number of rotatable bonds is 5. The van der Waals surface area contributed by atoms with Gasteiger partial charge in [-0.2, -0.15) is 0 Å². The van der Waals surface area contributed by atoms with Crippen molar-refractivity contribution in [2.75, 3.05) is 32.8 Å². The average molecular weight is 367 g/mol. The number of piperidine rings is 1. The minimum absolute atomic E-state index is 0. The standard InChI is InChI=1S/C20H30N2O2.ClH/c1-16(2)17-3-5-18(6-4-17)24-14-7-19(23)22-12-9-20(10-13-22)8-11-21-15-20;/h3-6,16,21H,7-15H2,1-2H3;1H. The number of ether oxygens (including phenoxy) is 1. The normalized spacial score (nSPS) is 19.1. The summed E-state index contributed by atoms with van der Waals surface area (Å²) in [6.45, 7) is 8.90. The Morgan fingerprint density at radius 1 is 1.20 bits per heavy atom. The number of hydrogen-bond acceptors (Lipinski definition) is 3. The van der Waals surface area contributed by atoms with E-state index in [1.807, 2.05) is 17.0 Å². The second kappa shape index (κ2) is 8.91. The van der Waals surface area contributed by atoms with Crippen LogP contribution in [0.15, 0.2) is 24.3 Å². The molecule has 0 atom stereocenters. The molecule has 1 spiro atoms. The lowest BCUT2D eigenvalue weighted by Gasteiger charge is -2.38. The number of halogens is 1. The van der Waals surface area contributed by atoms with Crippen LogP contribution in [-0.4, -0.2) is 43.6 Å². The third-order valence-electron chi connectivity index (χ3n) is 5.64. The monoisotopic (exact) mass is 366 g/mol. The van der Waals surface area contributed by atoms with Crippen molar-refractivity contribution in [2.45, 2.75) is 45.4 Å². The number of benzene rings is 1. The van der Waals surface area contributed by atoms with Gasteiger partial charge in [-0.25, -0.2) is 0 Å². The first kappa shape index (κ1) is 20.1. The minimum atomic E-state index is 0. The number of carbonyl (C=O) groups is 1. The van der Waals surface area contributed by atoms with Crippen molar-refractivity contribution in [2.24, 2.45) is 5.41 Å². The summed E-state index contributed by atoms with van der Waals surface area (Å²) in [6, 6.07) is 8.19. The highest BCUT2D eigenvalue weighted by Crippen LogP contribution is 2.36. The van der Waals surface area contributed by atoms with Crippen LogP contribution < -0.4 is 10.1 Å².